The Kier molecular flexibility index (Phi) is 11.4. The van der Waals surface area contributed by atoms with Crippen molar-refractivity contribution in [2.75, 3.05) is 6.61 Å². The molecule has 0 aliphatic carbocycles. The normalized spacial score (nSPS) is 16.0. The van der Waals surface area contributed by atoms with Crippen LogP contribution < -0.4 is 0 Å². The molecule has 0 bridgehead atoms. The van der Waals surface area contributed by atoms with Gasteiger partial charge in [0.1, 0.15) is 0 Å². The number of hydrogen-bond acceptors (Lipinski definition) is 6. The van der Waals surface area contributed by atoms with Gasteiger partial charge in [-0.2, -0.15) is 0 Å². The number of aliphatic hydroxyl groups excluding tert-OH is 1. The summed E-state index contributed by atoms with van der Waals surface area (Å²) in [7, 11) is 0. The standard InChI is InChI=1S/C5H8O2.C4H4O4.C3H4/c1-3-5(6)7-4-2;5-2-1-3(6)8-4(2)7;1-3-2/h3H,1,4H2,2H3;2,5H,1H2;1-2H2. The van der Waals surface area contributed by atoms with Gasteiger partial charge >= 0.3 is 17.9 Å². The van der Waals surface area contributed by atoms with Crippen LogP contribution in [0.1, 0.15) is 13.3 Å². The van der Waals surface area contributed by atoms with Crippen molar-refractivity contribution in [2.45, 2.75) is 19.4 Å². The highest BCUT2D eigenvalue weighted by molar-refractivity contribution is 5.95. The first-order chi connectivity index (χ1) is 8.42. The molecular formula is C12H16O6. The van der Waals surface area contributed by atoms with Crippen LogP contribution in [0.25, 0.3) is 0 Å². The second-order valence-electron chi connectivity index (χ2n) is 2.72. The van der Waals surface area contributed by atoms with Crippen LogP contribution in [0.2, 0.25) is 0 Å². The summed E-state index contributed by atoms with van der Waals surface area (Å²) < 4.78 is 8.38. The number of aliphatic hydroxyl groups is 1. The molecule has 0 spiro atoms. The molecule has 0 radical (unpaired) electrons. The summed E-state index contributed by atoms with van der Waals surface area (Å²) in [6.07, 6.45) is -0.273. The molecule has 1 atom stereocenters. The molecule has 1 aliphatic heterocycles. The van der Waals surface area contributed by atoms with Gasteiger partial charge in [0.15, 0.2) is 6.10 Å². The van der Waals surface area contributed by atoms with Gasteiger partial charge in [-0.15, -0.1) is 5.73 Å². The lowest BCUT2D eigenvalue weighted by Crippen LogP contribution is -2.11. The Balaban J connectivity index is 0. The number of carbonyl (C=O) groups is 3. The van der Waals surface area contributed by atoms with Crippen molar-refractivity contribution in [3.8, 4) is 0 Å². The van der Waals surface area contributed by atoms with Crippen molar-refractivity contribution >= 4 is 17.9 Å². The molecule has 1 rings (SSSR count). The van der Waals surface area contributed by atoms with Crippen molar-refractivity contribution in [3.63, 3.8) is 0 Å². The summed E-state index contributed by atoms with van der Waals surface area (Å²) in [5.41, 5.74) is 2.25. The van der Waals surface area contributed by atoms with Crippen molar-refractivity contribution in [3.05, 3.63) is 31.5 Å². The van der Waals surface area contributed by atoms with Crippen molar-refractivity contribution in [2.24, 2.45) is 0 Å². The highest BCUT2D eigenvalue weighted by atomic mass is 16.6. The number of hydrogen-bond donors (Lipinski definition) is 1. The number of rotatable bonds is 2. The fourth-order valence-electron chi connectivity index (χ4n) is 0.664. The molecule has 0 amide bonds. The minimum Gasteiger partial charge on any atom is -0.463 e. The lowest BCUT2D eigenvalue weighted by atomic mass is 10.3. The Bertz CT molecular complexity index is 338. The van der Waals surface area contributed by atoms with Gasteiger partial charge in [-0.1, -0.05) is 19.7 Å². The van der Waals surface area contributed by atoms with Gasteiger partial charge < -0.3 is 14.6 Å². The van der Waals surface area contributed by atoms with E-state index in [0.717, 1.165) is 6.08 Å². The largest absolute Gasteiger partial charge is 0.463 e. The third kappa shape index (κ3) is 10.4. The van der Waals surface area contributed by atoms with Crippen LogP contribution >= 0.6 is 0 Å². The molecule has 1 unspecified atom stereocenters. The predicted octanol–water partition coefficient (Wildman–Crippen LogP) is 0.514. The Hall–Kier alpha value is -2.17. The zero-order valence-electron chi connectivity index (χ0n) is 10.2. The lowest BCUT2D eigenvalue weighted by Gasteiger charge is -1.90. The molecule has 1 N–H and O–H groups in total. The molecular weight excluding hydrogens is 240 g/mol. The highest BCUT2D eigenvalue weighted by Gasteiger charge is 2.30. The van der Waals surface area contributed by atoms with Crippen LogP contribution in [0, 0.1) is 0 Å². The maximum atomic E-state index is 10.1. The quantitative estimate of drug-likeness (QED) is 0.335. The van der Waals surface area contributed by atoms with Crippen LogP contribution in [0.3, 0.4) is 0 Å². The number of esters is 3. The average Bonchev–Trinajstić information content (AvgIpc) is 2.58. The fourth-order valence-corrected chi connectivity index (χ4v) is 0.664. The Morgan fingerprint density at radius 1 is 1.61 bits per heavy atom. The second kappa shape index (κ2) is 11.3. The summed E-state index contributed by atoms with van der Waals surface area (Å²) in [4.78, 5) is 30.2. The molecule has 100 valence electrons. The van der Waals surface area contributed by atoms with Crippen molar-refractivity contribution in [1.82, 2.24) is 0 Å². The molecule has 6 heteroatoms. The van der Waals surface area contributed by atoms with E-state index in [1.807, 2.05) is 0 Å². The van der Waals surface area contributed by atoms with E-state index in [-0.39, 0.29) is 12.4 Å². The van der Waals surface area contributed by atoms with Crippen LogP contribution in [0.5, 0.6) is 0 Å². The molecule has 6 nitrogen and oxygen atoms in total. The monoisotopic (exact) mass is 256 g/mol. The first-order valence-corrected chi connectivity index (χ1v) is 4.93. The third-order valence-electron chi connectivity index (χ3n) is 1.30. The van der Waals surface area contributed by atoms with Crippen LogP contribution in [-0.2, 0) is 23.9 Å². The summed E-state index contributed by atoms with van der Waals surface area (Å²) >= 11 is 0. The highest BCUT2D eigenvalue weighted by Crippen LogP contribution is 2.05. The molecule has 1 fully saturated rings. The number of ether oxygens (including phenoxy) is 2. The molecule has 0 aromatic carbocycles. The summed E-state index contributed by atoms with van der Waals surface area (Å²) in [5.74, 6) is -1.85. The molecule has 0 aromatic heterocycles. The first-order valence-electron chi connectivity index (χ1n) is 4.93. The maximum Gasteiger partial charge on any atom is 0.343 e. The SMILES string of the molecule is C=C=C.C=CC(=O)OCC.O=C1CC(O)C(=O)O1. The lowest BCUT2D eigenvalue weighted by molar-refractivity contribution is -0.154. The maximum absolute atomic E-state index is 10.1. The van der Waals surface area contributed by atoms with E-state index in [2.05, 4.69) is 34.9 Å². The van der Waals surface area contributed by atoms with Gasteiger partial charge in [-0.25, -0.2) is 9.59 Å². The predicted molar refractivity (Wildman–Crippen MR) is 63.3 cm³/mol. The molecule has 0 aromatic rings. The minimum atomic E-state index is -1.22. The average molecular weight is 256 g/mol. The van der Waals surface area contributed by atoms with Gasteiger partial charge in [0.05, 0.1) is 13.0 Å². The van der Waals surface area contributed by atoms with Gasteiger partial charge in [0.2, 0.25) is 0 Å². The van der Waals surface area contributed by atoms with E-state index in [1.165, 1.54) is 0 Å². The fraction of sp³-hybridized carbons (Fsp3) is 0.333. The van der Waals surface area contributed by atoms with Gasteiger partial charge in [-0.05, 0) is 6.92 Å². The summed E-state index contributed by atoms with van der Waals surface area (Å²) in [5, 5.41) is 8.47. The second-order valence-corrected chi connectivity index (χ2v) is 2.72. The summed E-state index contributed by atoms with van der Waals surface area (Å²) in [6.45, 7) is 11.6. The van der Waals surface area contributed by atoms with Crippen LogP contribution in [0.4, 0.5) is 0 Å². The van der Waals surface area contributed by atoms with Gasteiger partial charge in [0, 0.05) is 6.08 Å². The summed E-state index contributed by atoms with van der Waals surface area (Å²) in [6, 6.07) is 0. The smallest absolute Gasteiger partial charge is 0.343 e. The van der Waals surface area contributed by atoms with Crippen molar-refractivity contribution < 1.29 is 29.0 Å². The third-order valence-corrected chi connectivity index (χ3v) is 1.30. The van der Waals surface area contributed by atoms with Crippen LogP contribution in [0.15, 0.2) is 31.5 Å². The zero-order valence-corrected chi connectivity index (χ0v) is 10.2. The Morgan fingerprint density at radius 3 is 2.22 bits per heavy atom. The van der Waals surface area contributed by atoms with E-state index >= 15 is 0 Å². The first kappa shape index (κ1) is 18.2. The topological polar surface area (TPSA) is 89.9 Å². The Labute approximate surface area is 105 Å². The zero-order chi connectivity index (χ0) is 14.6. The molecule has 1 saturated heterocycles. The molecule has 1 aliphatic rings. The van der Waals surface area contributed by atoms with E-state index in [9.17, 15) is 14.4 Å². The van der Waals surface area contributed by atoms with E-state index < -0.39 is 18.0 Å². The number of carbonyl (C=O) groups excluding carboxylic acids is 3. The van der Waals surface area contributed by atoms with Gasteiger partial charge in [-0.3, -0.25) is 4.79 Å². The molecule has 1 heterocycles. The van der Waals surface area contributed by atoms with Gasteiger partial charge in [0.25, 0.3) is 0 Å². The number of cyclic esters (lactones) is 2. The minimum absolute atomic E-state index is 0.196. The molecule has 18 heavy (non-hydrogen) atoms. The van der Waals surface area contributed by atoms with E-state index in [4.69, 9.17) is 5.11 Å². The molecule has 0 saturated carbocycles. The van der Waals surface area contributed by atoms with E-state index in [1.54, 1.807) is 6.92 Å². The van der Waals surface area contributed by atoms with Crippen molar-refractivity contribution in [1.29, 1.82) is 0 Å². The Morgan fingerprint density at radius 2 is 2.11 bits per heavy atom. The van der Waals surface area contributed by atoms with E-state index in [0.29, 0.717) is 6.61 Å². The van der Waals surface area contributed by atoms with Crippen LogP contribution in [-0.4, -0.2) is 35.7 Å².